The largest absolute Gasteiger partial charge is 1.00 e. The topological polar surface area (TPSA) is 238 Å². The molecule has 0 spiro atoms. The Hall–Kier alpha value is -9.39. The number of nitrogens with one attached hydrogen (secondary N) is 4. The fourth-order valence-corrected chi connectivity index (χ4v) is 6.76. The third-order valence-corrected chi connectivity index (χ3v) is 10.3. The van der Waals surface area contributed by atoms with E-state index >= 15 is 0 Å². The summed E-state index contributed by atoms with van der Waals surface area (Å²) in [5.74, 6) is 3.37. The van der Waals surface area contributed by atoms with Crippen molar-refractivity contribution in [2.45, 2.75) is 6.61 Å². The number of carbonyl (C=O) groups excluding carboxylic acids is 2. The number of pyridine rings is 3. The summed E-state index contributed by atoms with van der Waals surface area (Å²) in [6.07, 6.45) is 4.91. The third kappa shape index (κ3) is 13.4. The van der Waals surface area contributed by atoms with Crippen LogP contribution < -0.4 is 79.6 Å². The first-order valence-corrected chi connectivity index (χ1v) is 21.5. The number of amides is 4. The molecule has 0 fully saturated rings. The predicted octanol–water partition coefficient (Wildman–Crippen LogP) is 8.15. The van der Waals surface area contributed by atoms with Crippen molar-refractivity contribution in [1.29, 1.82) is 10.5 Å². The Kier molecular flexibility index (Phi) is 17.0. The number of benzene rings is 6. The second-order valence-corrected chi connectivity index (χ2v) is 15.1. The molecule has 0 aliphatic carbocycles. The fourth-order valence-electron chi connectivity index (χ4n) is 6.76. The molecule has 9 rings (SSSR count). The second kappa shape index (κ2) is 24.2. The van der Waals surface area contributed by atoms with Crippen LogP contribution in [-0.4, -0.2) is 41.2 Å². The molecule has 350 valence electrons. The molecule has 0 atom stereocenters. The van der Waals surface area contributed by atoms with Gasteiger partial charge in [0.1, 0.15) is 47.2 Å². The van der Waals surface area contributed by atoms with Gasteiger partial charge in [0.15, 0.2) is 0 Å². The van der Waals surface area contributed by atoms with E-state index in [1.165, 1.54) is 18.3 Å². The van der Waals surface area contributed by atoms with Gasteiger partial charge >= 0.3 is 41.6 Å². The molecule has 18 heteroatoms. The first kappa shape index (κ1) is 50.5. The first-order chi connectivity index (χ1) is 34.6. The van der Waals surface area contributed by atoms with Crippen LogP contribution >= 0.6 is 0 Å². The molecule has 17 nitrogen and oxygen atoms in total. The molecule has 4 amide bonds. The van der Waals surface area contributed by atoms with Crippen LogP contribution in [0.1, 0.15) is 16.7 Å². The molecule has 0 unspecified atom stereocenters. The summed E-state index contributed by atoms with van der Waals surface area (Å²) >= 11 is 0. The number of rotatable bonds is 13. The van der Waals surface area contributed by atoms with Gasteiger partial charge in [-0.1, -0.05) is 5.75 Å². The summed E-state index contributed by atoms with van der Waals surface area (Å²) < 4.78 is 28.0. The average Bonchev–Trinajstić information content (AvgIpc) is 3.39. The van der Waals surface area contributed by atoms with E-state index in [4.69, 9.17) is 28.9 Å². The summed E-state index contributed by atoms with van der Waals surface area (Å²) in [7, 11) is 3.16. The Morgan fingerprint density at radius 3 is 1.58 bits per heavy atom. The zero-order valence-corrected chi connectivity index (χ0v) is 40.9. The number of ether oxygens (including phenoxy) is 5. The molecule has 3 aromatic heterocycles. The van der Waals surface area contributed by atoms with Crippen LogP contribution in [0.15, 0.2) is 170 Å². The zero-order chi connectivity index (χ0) is 49.5. The minimum absolute atomic E-state index is 0. The third-order valence-electron chi connectivity index (χ3n) is 10.3. The normalized spacial score (nSPS) is 10.2. The molecule has 0 saturated carbocycles. The van der Waals surface area contributed by atoms with E-state index in [0.717, 1.165) is 10.9 Å². The number of urea groups is 2. The van der Waals surface area contributed by atoms with E-state index in [2.05, 4.69) is 42.3 Å². The van der Waals surface area contributed by atoms with E-state index in [-0.39, 0.29) is 52.9 Å². The van der Waals surface area contributed by atoms with Gasteiger partial charge in [0.25, 0.3) is 0 Å². The minimum Gasteiger partial charge on any atom is -0.872 e. The molecule has 4 N–H and O–H groups in total. The number of nitrogens with zero attached hydrogens (tertiary/aromatic N) is 5. The molecule has 72 heavy (non-hydrogen) atoms. The number of methoxy groups -OCH3 is 2. The molecular weight excluding hydrogens is 926 g/mol. The summed E-state index contributed by atoms with van der Waals surface area (Å²) in [4.78, 5) is 37.3. The Morgan fingerprint density at radius 2 is 1.07 bits per heavy atom. The molecule has 0 aliphatic rings. The number of carbonyl (C=O) groups is 2. The molecule has 0 saturated heterocycles. The van der Waals surface area contributed by atoms with E-state index < -0.39 is 0 Å². The van der Waals surface area contributed by atoms with Gasteiger partial charge in [-0.05, 0) is 145 Å². The van der Waals surface area contributed by atoms with Gasteiger partial charge < -0.3 is 50.1 Å². The Labute approximate surface area is 434 Å². The molecule has 9 aromatic rings. The molecular formula is C54H40N9NaO8. The summed E-state index contributed by atoms with van der Waals surface area (Å²) in [6, 6.07) is 46.2. The monoisotopic (exact) mass is 965 g/mol. The number of hydrogen-bond donors (Lipinski definition) is 4. The molecule has 3 heterocycles. The van der Waals surface area contributed by atoms with Gasteiger partial charge in [0.2, 0.25) is 5.88 Å². The Morgan fingerprint density at radius 1 is 0.556 bits per heavy atom. The number of fused-ring (bicyclic) bond motifs is 2. The van der Waals surface area contributed by atoms with Gasteiger partial charge in [-0.25, -0.2) is 14.6 Å². The maximum absolute atomic E-state index is 12.3. The van der Waals surface area contributed by atoms with Crippen LogP contribution in [0.25, 0.3) is 21.8 Å². The van der Waals surface area contributed by atoms with Gasteiger partial charge in [0.05, 0.1) is 36.9 Å². The van der Waals surface area contributed by atoms with Crippen molar-refractivity contribution in [3.8, 4) is 58.3 Å². The summed E-state index contributed by atoms with van der Waals surface area (Å²) in [6.45, 7) is 0.303. The van der Waals surface area contributed by atoms with Crippen molar-refractivity contribution in [3.63, 3.8) is 0 Å². The quantitative estimate of drug-likeness (QED) is 0.0799. The van der Waals surface area contributed by atoms with Crippen LogP contribution in [0.2, 0.25) is 0 Å². The smallest absolute Gasteiger partial charge is 0.872 e. The number of hydrogen-bond acceptors (Lipinski definition) is 13. The molecule has 6 aromatic carbocycles. The minimum atomic E-state index is -0.388. The van der Waals surface area contributed by atoms with E-state index in [1.54, 1.807) is 148 Å². The second-order valence-electron chi connectivity index (χ2n) is 15.1. The van der Waals surface area contributed by atoms with E-state index in [0.29, 0.717) is 91.7 Å². The van der Waals surface area contributed by atoms with Gasteiger partial charge in [-0.3, -0.25) is 9.97 Å². The molecule has 0 aliphatic heterocycles. The Bertz CT molecular complexity index is 3410. The van der Waals surface area contributed by atoms with Gasteiger partial charge in [0, 0.05) is 69.8 Å². The van der Waals surface area contributed by atoms with E-state index in [1.807, 2.05) is 24.3 Å². The van der Waals surface area contributed by atoms with Crippen molar-refractivity contribution in [2.24, 2.45) is 0 Å². The van der Waals surface area contributed by atoms with Crippen molar-refractivity contribution < 1.29 is 67.9 Å². The average molecular weight is 966 g/mol. The SMILES string of the molecule is COc1ccc(NC(=O)Nc2ccc(Oc3ccc4cc(C#N)c(OCc5ccncc5)cc4n3)cc2)cc1.COc1ccc(NC(=O)Nc2ccc(Oc3ccnc4cc([O-])c(C#N)cc34)cc2)cc1.[Na+]. The van der Waals surface area contributed by atoms with Crippen molar-refractivity contribution in [2.75, 3.05) is 35.5 Å². The predicted molar refractivity (Wildman–Crippen MR) is 265 cm³/mol. The van der Waals surface area contributed by atoms with Crippen LogP contribution in [0.4, 0.5) is 32.3 Å². The maximum Gasteiger partial charge on any atom is 1.00 e. The number of nitriles is 2. The van der Waals surface area contributed by atoms with E-state index in [9.17, 15) is 20.0 Å². The molecule has 0 radical (unpaired) electrons. The summed E-state index contributed by atoms with van der Waals surface area (Å²) in [5, 5.41) is 42.9. The van der Waals surface area contributed by atoms with Crippen LogP contribution in [-0.2, 0) is 6.61 Å². The number of aromatic nitrogens is 3. The Balaban J connectivity index is 0.000000212. The van der Waals surface area contributed by atoms with Crippen molar-refractivity contribution >= 4 is 56.6 Å². The van der Waals surface area contributed by atoms with Crippen LogP contribution in [0, 0.1) is 22.7 Å². The van der Waals surface area contributed by atoms with Crippen molar-refractivity contribution in [3.05, 3.63) is 187 Å². The van der Waals surface area contributed by atoms with Crippen molar-refractivity contribution in [1.82, 2.24) is 15.0 Å². The van der Waals surface area contributed by atoms with Crippen LogP contribution in [0.5, 0.6) is 46.1 Å². The maximum atomic E-state index is 12.3. The number of anilines is 4. The first-order valence-electron chi connectivity index (χ1n) is 21.5. The fraction of sp³-hybridized carbons (Fsp3) is 0.0556. The van der Waals surface area contributed by atoms with Gasteiger partial charge in [-0.2, -0.15) is 10.5 Å². The standard InChI is InChI=1S/C30H23N5O4.C24H18N4O4.Na/c1-37-25-7-3-23(4-8-25)33-30(36)34-24-5-9-26(10-6-24)39-29-11-2-21-16-22(18-31)28(17-27(21)35-29)38-19-20-12-14-32-15-13-20;1-31-18-6-2-16(3-7-18)27-24(30)28-17-4-8-19(9-5-17)32-23-10-11-26-21-13-22(29)15(14-25)12-20(21)23;/h2-17H,19H2,1H3,(H2,33,34,36);2-13,29H,1H3,(H2,27,28,30);/q;;+1/p-1. The summed E-state index contributed by atoms with van der Waals surface area (Å²) in [5.41, 5.74) is 4.91. The molecule has 0 bridgehead atoms. The van der Waals surface area contributed by atoms with Gasteiger partial charge in [-0.15, -0.1) is 0 Å². The zero-order valence-electron chi connectivity index (χ0n) is 38.9. The van der Waals surface area contributed by atoms with Crippen LogP contribution in [0.3, 0.4) is 0 Å².